The fraction of sp³-hybridized carbons (Fsp3) is 0. The van der Waals surface area contributed by atoms with Crippen molar-refractivity contribution in [3.05, 3.63) is 36.5 Å². The van der Waals surface area contributed by atoms with Gasteiger partial charge in [0.15, 0.2) is 0 Å². The van der Waals surface area contributed by atoms with Gasteiger partial charge in [0.2, 0.25) is 5.95 Å². The molecule has 5 heteroatoms. The first kappa shape index (κ1) is 8.55. The molecule has 0 aliphatic heterocycles. The Kier molecular flexibility index (Phi) is 2.06. The zero-order valence-corrected chi connectivity index (χ0v) is 7.18. The molecule has 2 aromatic rings. The lowest BCUT2D eigenvalue weighted by atomic mass is 10.2. The average Bonchev–Trinajstić information content (AvgIpc) is 2.18. The van der Waals surface area contributed by atoms with Gasteiger partial charge < -0.3 is 5.73 Å². The summed E-state index contributed by atoms with van der Waals surface area (Å²) in [7, 11) is 0. The van der Waals surface area contributed by atoms with Crippen LogP contribution in [0.1, 0.15) is 0 Å². The fourth-order valence-electron chi connectivity index (χ4n) is 1.09. The monoisotopic (exact) mass is 190 g/mol. The second-order valence-electron chi connectivity index (χ2n) is 2.69. The molecule has 2 heterocycles. The molecule has 0 saturated heterocycles. The Balaban J connectivity index is 2.49. The van der Waals surface area contributed by atoms with Crippen LogP contribution in [0.2, 0.25) is 0 Å². The van der Waals surface area contributed by atoms with Crippen molar-refractivity contribution in [2.45, 2.75) is 0 Å². The Morgan fingerprint density at radius 2 is 2.14 bits per heavy atom. The predicted octanol–water partition coefficient (Wildman–Crippen LogP) is 1.26. The van der Waals surface area contributed by atoms with Gasteiger partial charge in [-0.15, -0.1) is 0 Å². The maximum atomic E-state index is 12.8. The first-order chi connectivity index (χ1) is 6.75. The molecule has 0 unspecified atom stereocenters. The van der Waals surface area contributed by atoms with Gasteiger partial charge >= 0.3 is 0 Å². The van der Waals surface area contributed by atoms with Crippen LogP contribution in [0.4, 0.5) is 10.3 Å². The molecule has 2 rings (SSSR count). The van der Waals surface area contributed by atoms with Gasteiger partial charge in [-0.2, -0.15) is 0 Å². The number of anilines is 1. The molecule has 0 saturated carbocycles. The van der Waals surface area contributed by atoms with Crippen molar-refractivity contribution in [2.24, 2.45) is 0 Å². The minimum Gasteiger partial charge on any atom is -0.368 e. The molecule has 0 aliphatic rings. The molecule has 0 aromatic carbocycles. The van der Waals surface area contributed by atoms with Crippen molar-refractivity contribution >= 4 is 5.95 Å². The quantitative estimate of drug-likeness (QED) is 0.735. The van der Waals surface area contributed by atoms with Crippen molar-refractivity contribution in [3.63, 3.8) is 0 Å². The third-order valence-corrected chi connectivity index (χ3v) is 1.67. The van der Waals surface area contributed by atoms with Crippen LogP contribution in [0.3, 0.4) is 0 Å². The maximum Gasteiger partial charge on any atom is 0.220 e. The molecule has 0 atom stereocenters. The molecule has 0 aliphatic carbocycles. The number of rotatable bonds is 1. The minimum absolute atomic E-state index is 0.159. The number of hydrogen-bond acceptors (Lipinski definition) is 4. The summed E-state index contributed by atoms with van der Waals surface area (Å²) in [6.45, 7) is 0. The third-order valence-electron chi connectivity index (χ3n) is 1.67. The van der Waals surface area contributed by atoms with Gasteiger partial charge in [0, 0.05) is 18.0 Å². The third kappa shape index (κ3) is 1.66. The molecule has 14 heavy (non-hydrogen) atoms. The van der Waals surface area contributed by atoms with E-state index in [9.17, 15) is 4.39 Å². The largest absolute Gasteiger partial charge is 0.368 e. The fourth-order valence-corrected chi connectivity index (χ4v) is 1.09. The van der Waals surface area contributed by atoms with Crippen molar-refractivity contribution in [1.82, 2.24) is 15.0 Å². The molecule has 0 radical (unpaired) electrons. The van der Waals surface area contributed by atoms with E-state index < -0.39 is 5.82 Å². The van der Waals surface area contributed by atoms with Gasteiger partial charge in [-0.1, -0.05) is 0 Å². The van der Waals surface area contributed by atoms with Gasteiger partial charge in [0.25, 0.3) is 0 Å². The van der Waals surface area contributed by atoms with Crippen LogP contribution in [0.25, 0.3) is 11.3 Å². The summed E-state index contributed by atoms with van der Waals surface area (Å²) in [5, 5.41) is 0. The molecular weight excluding hydrogens is 183 g/mol. The summed E-state index contributed by atoms with van der Waals surface area (Å²) >= 11 is 0. The van der Waals surface area contributed by atoms with Gasteiger partial charge in [-0.25, -0.2) is 14.4 Å². The summed E-state index contributed by atoms with van der Waals surface area (Å²) in [6, 6.07) is 2.99. The van der Waals surface area contributed by atoms with Gasteiger partial charge in [0.05, 0.1) is 11.9 Å². The number of aromatic nitrogens is 3. The van der Waals surface area contributed by atoms with Gasteiger partial charge in [-0.05, 0) is 12.1 Å². The SMILES string of the molecule is Nc1nccc(-c2cncc(F)c2)n1. The Morgan fingerprint density at radius 1 is 1.29 bits per heavy atom. The number of pyridine rings is 1. The molecule has 70 valence electrons. The van der Waals surface area contributed by atoms with Crippen molar-refractivity contribution in [1.29, 1.82) is 0 Å². The van der Waals surface area contributed by atoms with Crippen LogP contribution in [-0.2, 0) is 0 Å². The number of halogens is 1. The van der Waals surface area contributed by atoms with Crippen LogP contribution in [0.5, 0.6) is 0 Å². The molecular formula is C9H7FN4. The van der Waals surface area contributed by atoms with Crippen LogP contribution >= 0.6 is 0 Å². The first-order valence-corrected chi connectivity index (χ1v) is 3.95. The second-order valence-corrected chi connectivity index (χ2v) is 2.69. The highest BCUT2D eigenvalue weighted by atomic mass is 19.1. The first-order valence-electron chi connectivity index (χ1n) is 3.95. The van der Waals surface area contributed by atoms with Gasteiger partial charge in [-0.3, -0.25) is 4.98 Å². The molecule has 0 fully saturated rings. The number of nitrogens with zero attached hydrogens (tertiary/aromatic N) is 3. The standard InChI is InChI=1S/C9H7FN4/c10-7-3-6(4-12-5-7)8-1-2-13-9(11)14-8/h1-5H,(H2,11,13,14). The lowest BCUT2D eigenvalue weighted by Crippen LogP contribution is -1.95. The van der Waals surface area contributed by atoms with E-state index in [1.54, 1.807) is 6.07 Å². The minimum atomic E-state index is -0.403. The molecule has 0 spiro atoms. The summed E-state index contributed by atoms with van der Waals surface area (Å²) in [4.78, 5) is 11.4. The highest BCUT2D eigenvalue weighted by Gasteiger charge is 2.01. The Bertz CT molecular complexity index is 415. The highest BCUT2D eigenvalue weighted by molar-refractivity contribution is 5.58. The zero-order valence-electron chi connectivity index (χ0n) is 7.18. The highest BCUT2D eigenvalue weighted by Crippen LogP contribution is 2.16. The van der Waals surface area contributed by atoms with Gasteiger partial charge in [0.1, 0.15) is 5.82 Å². The van der Waals surface area contributed by atoms with E-state index in [0.717, 1.165) is 6.20 Å². The van der Waals surface area contributed by atoms with E-state index in [1.807, 2.05) is 0 Å². The van der Waals surface area contributed by atoms with Crippen LogP contribution in [0, 0.1) is 5.82 Å². The van der Waals surface area contributed by atoms with Crippen molar-refractivity contribution in [3.8, 4) is 11.3 Å². The van der Waals surface area contributed by atoms with Crippen LogP contribution in [-0.4, -0.2) is 15.0 Å². The van der Waals surface area contributed by atoms with Crippen LogP contribution in [0.15, 0.2) is 30.7 Å². The summed E-state index contributed by atoms with van der Waals surface area (Å²) in [6.07, 6.45) is 4.17. The summed E-state index contributed by atoms with van der Waals surface area (Å²) in [5.74, 6) is -0.244. The maximum absolute atomic E-state index is 12.8. The van der Waals surface area contributed by atoms with Crippen molar-refractivity contribution < 1.29 is 4.39 Å². The lowest BCUT2D eigenvalue weighted by Gasteiger charge is -1.99. The van der Waals surface area contributed by atoms with Crippen LogP contribution < -0.4 is 5.73 Å². The van der Waals surface area contributed by atoms with Crippen molar-refractivity contribution in [2.75, 3.05) is 5.73 Å². The molecule has 0 bridgehead atoms. The Morgan fingerprint density at radius 3 is 2.86 bits per heavy atom. The van der Waals surface area contributed by atoms with E-state index in [4.69, 9.17) is 5.73 Å². The number of hydrogen-bond donors (Lipinski definition) is 1. The van der Waals surface area contributed by atoms with E-state index >= 15 is 0 Å². The van der Waals surface area contributed by atoms with E-state index in [-0.39, 0.29) is 5.95 Å². The Labute approximate surface area is 79.7 Å². The lowest BCUT2D eigenvalue weighted by molar-refractivity contribution is 0.622. The number of nitrogens with two attached hydrogens (primary N) is 1. The molecule has 0 amide bonds. The molecule has 4 nitrogen and oxygen atoms in total. The Hall–Kier alpha value is -2.04. The number of nitrogen functional groups attached to an aromatic ring is 1. The topological polar surface area (TPSA) is 64.7 Å². The van der Waals surface area contributed by atoms with E-state index in [2.05, 4.69) is 15.0 Å². The van der Waals surface area contributed by atoms with E-state index in [0.29, 0.717) is 11.3 Å². The smallest absolute Gasteiger partial charge is 0.220 e. The molecule has 2 aromatic heterocycles. The zero-order chi connectivity index (χ0) is 9.97. The predicted molar refractivity (Wildman–Crippen MR) is 49.6 cm³/mol. The summed E-state index contributed by atoms with van der Waals surface area (Å²) < 4.78 is 12.8. The summed E-state index contributed by atoms with van der Waals surface area (Å²) in [5.41, 5.74) is 6.54. The van der Waals surface area contributed by atoms with E-state index in [1.165, 1.54) is 18.5 Å². The average molecular weight is 190 g/mol. The normalized spacial score (nSPS) is 10.1. The second kappa shape index (κ2) is 3.37. The molecule has 2 N–H and O–H groups in total.